The highest BCUT2D eigenvalue weighted by atomic mass is 16.3. The Hall–Kier alpha value is -1.61. The fraction of sp³-hybridized carbons (Fsp3) is 0.308. The van der Waals surface area contributed by atoms with E-state index in [1.54, 1.807) is 0 Å². The fourth-order valence-electron chi connectivity index (χ4n) is 2.12. The number of rotatable bonds is 2. The Balaban J connectivity index is 2.64. The topological polar surface area (TPSA) is 46.3 Å². The van der Waals surface area contributed by atoms with E-state index in [0.29, 0.717) is 11.5 Å². The second-order valence-electron chi connectivity index (χ2n) is 4.06. The lowest BCUT2D eigenvalue weighted by Gasteiger charge is -2.09. The van der Waals surface area contributed by atoms with Crippen LogP contribution in [0.4, 0.5) is 0 Å². The number of aryl methyl sites for hydroxylation is 3. The van der Waals surface area contributed by atoms with Crippen molar-refractivity contribution in [2.24, 2.45) is 0 Å². The zero-order chi connectivity index (χ0) is 11.7. The van der Waals surface area contributed by atoms with Crippen molar-refractivity contribution in [1.29, 1.82) is 0 Å². The number of hydrogen-bond acceptors (Lipinski definition) is 3. The molecule has 0 unspecified atom stereocenters. The second-order valence-corrected chi connectivity index (χ2v) is 4.06. The third-order valence-electron chi connectivity index (χ3n) is 2.70. The molecule has 3 heteroatoms. The van der Waals surface area contributed by atoms with Crippen LogP contribution in [0.3, 0.4) is 0 Å². The van der Waals surface area contributed by atoms with Gasteiger partial charge in [0.1, 0.15) is 5.69 Å². The smallest absolute Gasteiger partial charge is 0.181 e. The number of aromatic nitrogens is 1. The van der Waals surface area contributed by atoms with Gasteiger partial charge in [-0.05, 0) is 31.9 Å². The van der Waals surface area contributed by atoms with Gasteiger partial charge in [0.05, 0.1) is 6.61 Å². The van der Waals surface area contributed by atoms with Crippen molar-refractivity contribution in [2.45, 2.75) is 27.4 Å². The van der Waals surface area contributed by atoms with Crippen LogP contribution in [-0.4, -0.2) is 10.1 Å². The van der Waals surface area contributed by atoms with Crippen molar-refractivity contribution in [1.82, 2.24) is 4.98 Å². The molecule has 1 heterocycles. The summed E-state index contributed by atoms with van der Waals surface area (Å²) in [6.45, 7) is 6.05. The lowest BCUT2D eigenvalue weighted by Crippen LogP contribution is -1.93. The zero-order valence-electron chi connectivity index (χ0n) is 9.74. The van der Waals surface area contributed by atoms with E-state index in [1.807, 2.05) is 13.8 Å². The first-order chi connectivity index (χ1) is 7.63. The zero-order valence-corrected chi connectivity index (χ0v) is 9.74. The first-order valence-corrected chi connectivity index (χ1v) is 5.25. The van der Waals surface area contributed by atoms with Crippen molar-refractivity contribution in [3.8, 4) is 11.3 Å². The summed E-state index contributed by atoms with van der Waals surface area (Å²) in [5.41, 5.74) is 5.14. The van der Waals surface area contributed by atoms with Crippen molar-refractivity contribution in [3.63, 3.8) is 0 Å². The van der Waals surface area contributed by atoms with Crippen LogP contribution in [0.5, 0.6) is 0 Å². The monoisotopic (exact) mass is 217 g/mol. The molecule has 1 aromatic heterocycles. The van der Waals surface area contributed by atoms with E-state index in [9.17, 15) is 5.11 Å². The van der Waals surface area contributed by atoms with Crippen LogP contribution in [-0.2, 0) is 6.61 Å². The van der Waals surface area contributed by atoms with Crippen LogP contribution >= 0.6 is 0 Å². The summed E-state index contributed by atoms with van der Waals surface area (Å²) >= 11 is 0. The van der Waals surface area contributed by atoms with Crippen molar-refractivity contribution >= 4 is 0 Å². The highest BCUT2D eigenvalue weighted by molar-refractivity contribution is 5.68. The molecule has 3 nitrogen and oxygen atoms in total. The van der Waals surface area contributed by atoms with Gasteiger partial charge in [-0.3, -0.25) is 0 Å². The van der Waals surface area contributed by atoms with Crippen LogP contribution < -0.4 is 0 Å². The van der Waals surface area contributed by atoms with Crippen molar-refractivity contribution in [3.05, 3.63) is 40.9 Å². The minimum absolute atomic E-state index is 0.0986. The normalized spacial score (nSPS) is 10.8. The van der Waals surface area contributed by atoms with Crippen LogP contribution in [0.25, 0.3) is 11.3 Å². The molecule has 0 bridgehead atoms. The van der Waals surface area contributed by atoms with E-state index in [4.69, 9.17) is 4.42 Å². The van der Waals surface area contributed by atoms with Gasteiger partial charge >= 0.3 is 0 Å². The average molecular weight is 217 g/mol. The highest BCUT2D eigenvalue weighted by Crippen LogP contribution is 2.30. The number of hydrogen-bond donors (Lipinski definition) is 1. The molecule has 16 heavy (non-hydrogen) atoms. The van der Waals surface area contributed by atoms with Gasteiger partial charge in [0.15, 0.2) is 12.2 Å². The molecule has 0 atom stereocenters. The Labute approximate surface area is 94.8 Å². The van der Waals surface area contributed by atoms with E-state index in [0.717, 1.165) is 16.7 Å². The Bertz CT molecular complexity index is 491. The van der Waals surface area contributed by atoms with Crippen molar-refractivity contribution < 1.29 is 9.52 Å². The molecule has 84 valence electrons. The molecule has 0 radical (unpaired) electrons. The predicted molar refractivity (Wildman–Crippen MR) is 62.1 cm³/mol. The van der Waals surface area contributed by atoms with Crippen LogP contribution in [0, 0.1) is 20.8 Å². The molecule has 0 fully saturated rings. The van der Waals surface area contributed by atoms with Gasteiger partial charge in [-0.15, -0.1) is 0 Å². The molecule has 0 amide bonds. The van der Waals surface area contributed by atoms with Crippen LogP contribution in [0.1, 0.15) is 22.4 Å². The summed E-state index contributed by atoms with van der Waals surface area (Å²) in [6, 6.07) is 4.21. The van der Waals surface area contributed by atoms with Crippen LogP contribution in [0.15, 0.2) is 22.9 Å². The average Bonchev–Trinajstić information content (AvgIpc) is 2.64. The Morgan fingerprint density at radius 3 is 2.38 bits per heavy atom. The number of aliphatic hydroxyl groups is 1. The van der Waals surface area contributed by atoms with E-state index >= 15 is 0 Å². The van der Waals surface area contributed by atoms with Gasteiger partial charge in [0.2, 0.25) is 0 Å². The molecular weight excluding hydrogens is 202 g/mol. The molecule has 2 rings (SSSR count). The number of aliphatic hydroxyl groups excluding tert-OH is 1. The standard InChI is InChI=1S/C13H15NO2/c1-8-4-9(2)12(10(3)5-8)13-11(6-15)14-7-16-13/h4-5,7,15H,6H2,1-3H3. The minimum atomic E-state index is -0.0986. The quantitative estimate of drug-likeness (QED) is 0.841. The van der Waals surface area contributed by atoms with Gasteiger partial charge in [0, 0.05) is 5.56 Å². The molecule has 0 aliphatic carbocycles. The van der Waals surface area contributed by atoms with Gasteiger partial charge in [0.25, 0.3) is 0 Å². The molecule has 1 aromatic carbocycles. The summed E-state index contributed by atoms with van der Waals surface area (Å²) in [5.74, 6) is 0.678. The second kappa shape index (κ2) is 4.10. The first kappa shape index (κ1) is 10.9. The number of benzene rings is 1. The maximum Gasteiger partial charge on any atom is 0.181 e. The summed E-state index contributed by atoms with van der Waals surface area (Å²) in [7, 11) is 0. The summed E-state index contributed by atoms with van der Waals surface area (Å²) in [6.07, 6.45) is 1.37. The third-order valence-corrected chi connectivity index (χ3v) is 2.70. The summed E-state index contributed by atoms with van der Waals surface area (Å²) in [5, 5.41) is 9.18. The number of oxazole rings is 1. The third kappa shape index (κ3) is 1.74. The first-order valence-electron chi connectivity index (χ1n) is 5.25. The van der Waals surface area contributed by atoms with E-state index in [1.165, 1.54) is 12.0 Å². The van der Waals surface area contributed by atoms with Gasteiger partial charge in [-0.2, -0.15) is 0 Å². The lowest BCUT2D eigenvalue weighted by molar-refractivity contribution is 0.277. The molecule has 0 aliphatic heterocycles. The summed E-state index contributed by atoms with van der Waals surface area (Å²) < 4.78 is 5.37. The molecule has 0 spiro atoms. The molecule has 0 saturated carbocycles. The maximum absolute atomic E-state index is 9.18. The Kier molecular flexibility index (Phi) is 2.79. The maximum atomic E-state index is 9.18. The minimum Gasteiger partial charge on any atom is -0.443 e. The van der Waals surface area contributed by atoms with Gasteiger partial charge in [-0.25, -0.2) is 4.98 Å². The number of nitrogens with zero attached hydrogens (tertiary/aromatic N) is 1. The van der Waals surface area contributed by atoms with E-state index in [-0.39, 0.29) is 6.61 Å². The summed E-state index contributed by atoms with van der Waals surface area (Å²) in [4.78, 5) is 4.00. The van der Waals surface area contributed by atoms with E-state index in [2.05, 4.69) is 24.0 Å². The predicted octanol–water partition coefficient (Wildman–Crippen LogP) is 2.76. The van der Waals surface area contributed by atoms with Gasteiger partial charge in [-0.1, -0.05) is 17.7 Å². The largest absolute Gasteiger partial charge is 0.443 e. The van der Waals surface area contributed by atoms with Crippen LogP contribution in [0.2, 0.25) is 0 Å². The Morgan fingerprint density at radius 2 is 1.81 bits per heavy atom. The Morgan fingerprint density at radius 1 is 1.19 bits per heavy atom. The van der Waals surface area contributed by atoms with E-state index < -0.39 is 0 Å². The van der Waals surface area contributed by atoms with Crippen molar-refractivity contribution in [2.75, 3.05) is 0 Å². The molecule has 0 aliphatic rings. The molecule has 0 saturated heterocycles. The fourth-order valence-corrected chi connectivity index (χ4v) is 2.12. The molecule has 2 aromatic rings. The molecule has 1 N–H and O–H groups in total. The lowest BCUT2D eigenvalue weighted by atomic mass is 9.97. The van der Waals surface area contributed by atoms with Gasteiger partial charge < -0.3 is 9.52 Å². The molecular formula is C13H15NO2. The SMILES string of the molecule is Cc1cc(C)c(-c2ocnc2CO)c(C)c1. The highest BCUT2D eigenvalue weighted by Gasteiger charge is 2.14.